The van der Waals surface area contributed by atoms with Gasteiger partial charge in [-0.3, -0.25) is 0 Å². The average molecular weight is 563 g/mol. The van der Waals surface area contributed by atoms with Crippen LogP contribution in [0.15, 0.2) is 12.1 Å². The summed E-state index contributed by atoms with van der Waals surface area (Å²) >= 11 is 0. The molecule has 11 atom stereocenters. The molecule has 9 N–H and O–H groups in total. The van der Waals surface area contributed by atoms with Gasteiger partial charge in [-0.2, -0.15) is 0 Å². The van der Waals surface area contributed by atoms with E-state index in [-0.39, 0.29) is 35.0 Å². The van der Waals surface area contributed by atoms with Crippen molar-refractivity contribution in [3.63, 3.8) is 0 Å². The maximum Gasteiger partial charge on any atom is 0.339 e. The molecule has 14 nitrogen and oxygen atoms in total. The summed E-state index contributed by atoms with van der Waals surface area (Å²) in [6, 6.07) is 2.54. The third-order valence-corrected chi connectivity index (χ3v) is 7.30. The van der Waals surface area contributed by atoms with Crippen molar-refractivity contribution in [2.24, 2.45) is 17.8 Å². The Hall–Kier alpha value is -2.11. The van der Waals surface area contributed by atoms with Gasteiger partial charge in [-0.25, -0.2) is 4.79 Å². The lowest BCUT2D eigenvalue weighted by Crippen LogP contribution is -2.57. The summed E-state index contributed by atoms with van der Waals surface area (Å²) in [6.45, 7) is 2.56. The number of hydrogen-bond acceptors (Lipinski definition) is 13. The molecule has 0 bridgehead atoms. The summed E-state index contributed by atoms with van der Waals surface area (Å²) in [5.74, 6) is -3.95. The second-order valence-corrected chi connectivity index (χ2v) is 9.99. The lowest BCUT2D eigenvalue weighted by Gasteiger charge is -2.40. The molecule has 3 rings (SSSR count). The van der Waals surface area contributed by atoms with Gasteiger partial charge in [0, 0.05) is 6.07 Å². The Labute approximate surface area is 224 Å². The second-order valence-electron chi connectivity index (χ2n) is 9.99. The number of carboxylic acids is 1. The molecule has 0 saturated carbocycles. The Balaban J connectivity index is 2.03. The molecule has 14 heteroatoms. The van der Waals surface area contributed by atoms with Gasteiger partial charge < -0.3 is 64.9 Å². The van der Waals surface area contributed by atoms with Crippen molar-refractivity contribution in [2.75, 3.05) is 13.2 Å². The molecule has 2 saturated heterocycles. The fraction of sp³-hybridized carbons (Fsp3) is 0.720. The van der Waals surface area contributed by atoms with Crippen LogP contribution in [0.3, 0.4) is 0 Å². The molecule has 0 spiro atoms. The van der Waals surface area contributed by atoms with Crippen molar-refractivity contribution in [1.82, 2.24) is 0 Å². The van der Waals surface area contributed by atoms with Gasteiger partial charge in [0.1, 0.15) is 29.3 Å². The maximum atomic E-state index is 12.4. The highest BCUT2D eigenvalue weighted by molar-refractivity contribution is 5.93. The van der Waals surface area contributed by atoms with Gasteiger partial charge in [0.15, 0.2) is 12.6 Å². The number of aromatic carboxylic acids is 1. The minimum atomic E-state index is -1.89. The van der Waals surface area contributed by atoms with Crippen LogP contribution in [0.1, 0.15) is 42.6 Å². The normalized spacial score (nSPS) is 35.8. The molecular formula is C25H38O14. The number of hydrogen-bond donors (Lipinski definition) is 9. The lowest BCUT2D eigenvalue weighted by molar-refractivity contribution is -0.313. The molecule has 0 amide bonds. The van der Waals surface area contributed by atoms with Crippen molar-refractivity contribution in [3.05, 3.63) is 23.3 Å². The van der Waals surface area contributed by atoms with E-state index in [9.17, 15) is 50.8 Å². The average Bonchev–Trinajstić information content (AvgIpc) is 2.89. The van der Waals surface area contributed by atoms with E-state index in [1.54, 1.807) is 0 Å². The summed E-state index contributed by atoms with van der Waals surface area (Å²) in [6.07, 6.45) is -11.8. The van der Waals surface area contributed by atoms with E-state index in [1.165, 1.54) is 6.07 Å². The highest BCUT2D eigenvalue weighted by Gasteiger charge is 2.46. The second kappa shape index (κ2) is 13.5. The molecule has 222 valence electrons. The van der Waals surface area contributed by atoms with Crippen LogP contribution in [0.4, 0.5) is 0 Å². The zero-order chi connectivity index (χ0) is 29.0. The third-order valence-electron chi connectivity index (χ3n) is 7.30. The van der Waals surface area contributed by atoms with Crippen molar-refractivity contribution in [3.8, 4) is 11.5 Å². The third kappa shape index (κ3) is 6.97. The molecule has 1 aromatic carbocycles. The van der Waals surface area contributed by atoms with Gasteiger partial charge in [-0.1, -0.05) is 20.3 Å². The lowest BCUT2D eigenvalue weighted by atomic mass is 9.93. The first-order valence-electron chi connectivity index (χ1n) is 12.8. The van der Waals surface area contributed by atoms with E-state index in [2.05, 4.69) is 0 Å². The van der Waals surface area contributed by atoms with Crippen LogP contribution in [0.25, 0.3) is 0 Å². The van der Waals surface area contributed by atoms with Gasteiger partial charge in [-0.05, 0) is 30.4 Å². The Morgan fingerprint density at radius 2 is 1.38 bits per heavy atom. The van der Waals surface area contributed by atoms with E-state index in [1.807, 2.05) is 13.8 Å². The van der Waals surface area contributed by atoms with Crippen LogP contribution in [0.2, 0.25) is 0 Å². The number of rotatable bonds is 11. The first kappa shape index (κ1) is 31.4. The zero-order valence-electron chi connectivity index (χ0n) is 21.6. The number of carbonyl (C=O) groups is 1. The summed E-state index contributed by atoms with van der Waals surface area (Å²) in [5, 5.41) is 89.8. The first-order chi connectivity index (χ1) is 18.4. The topological polar surface area (TPSA) is 236 Å². The summed E-state index contributed by atoms with van der Waals surface area (Å²) in [5.41, 5.74) is -0.00918. The monoisotopic (exact) mass is 562 g/mol. The molecule has 2 aliphatic heterocycles. The Morgan fingerprint density at radius 1 is 0.872 bits per heavy atom. The maximum absolute atomic E-state index is 12.4. The first-order valence-corrected chi connectivity index (χ1v) is 12.8. The molecule has 2 heterocycles. The SMILES string of the molecule is CCC(C)CCc1cc(OC2O[C@H](O)[C@@H](O)[C@H](O)[C@H]2CO)cc(OC2O[C@H](O)[C@@H](O)[C@H](O)[C@H]2CO)c1C(=O)O. The van der Waals surface area contributed by atoms with Gasteiger partial charge >= 0.3 is 5.97 Å². The largest absolute Gasteiger partial charge is 0.478 e. The molecule has 1 aromatic rings. The minimum Gasteiger partial charge on any atom is -0.478 e. The van der Waals surface area contributed by atoms with E-state index < -0.39 is 80.6 Å². The van der Waals surface area contributed by atoms with E-state index in [4.69, 9.17) is 18.9 Å². The minimum absolute atomic E-state index is 0.0501. The summed E-state index contributed by atoms with van der Waals surface area (Å²) in [4.78, 5) is 12.4. The molecule has 0 aromatic heterocycles. The predicted molar refractivity (Wildman–Crippen MR) is 129 cm³/mol. The van der Waals surface area contributed by atoms with E-state index >= 15 is 0 Å². The predicted octanol–water partition coefficient (Wildman–Crippen LogP) is -1.87. The molecule has 39 heavy (non-hydrogen) atoms. The van der Waals surface area contributed by atoms with Crippen molar-refractivity contribution in [2.45, 2.75) is 82.7 Å². The summed E-state index contributed by atoms with van der Waals surface area (Å²) < 4.78 is 22.0. The highest BCUT2D eigenvalue weighted by Crippen LogP contribution is 2.36. The fourth-order valence-electron chi connectivity index (χ4n) is 4.53. The van der Waals surface area contributed by atoms with Crippen LogP contribution in [-0.4, -0.2) is 115 Å². The van der Waals surface area contributed by atoms with Crippen LogP contribution in [0.5, 0.6) is 11.5 Å². The van der Waals surface area contributed by atoms with Gasteiger partial charge in [-0.15, -0.1) is 0 Å². The van der Waals surface area contributed by atoms with Crippen molar-refractivity contribution < 1.29 is 69.7 Å². The fourth-order valence-corrected chi connectivity index (χ4v) is 4.53. The highest BCUT2D eigenvalue weighted by atomic mass is 16.7. The summed E-state index contributed by atoms with van der Waals surface area (Å²) in [7, 11) is 0. The standard InChI is InChI=1S/C25H38O14/c1-3-10(2)4-5-11-6-12(36-24-13(8-26)17(28)19(30)22(34)38-24)7-15(16(11)21(32)33)37-25-14(9-27)18(29)20(31)23(35)39-25/h6-7,10,13-14,17-20,22-31,34-35H,3-5,8-9H2,1-2H3,(H,32,33)/t10?,13-,14-,17-,18-,19+,20+,22+,23+,24?,25?/m1/s1. The number of aliphatic hydroxyl groups excluding tert-OH is 8. The van der Waals surface area contributed by atoms with Crippen LogP contribution < -0.4 is 9.47 Å². The Kier molecular flexibility index (Phi) is 10.9. The quantitative estimate of drug-likeness (QED) is 0.144. The van der Waals surface area contributed by atoms with Crippen molar-refractivity contribution >= 4 is 5.97 Å². The molecule has 0 radical (unpaired) electrons. The van der Waals surface area contributed by atoms with Gasteiger partial charge in [0.05, 0.1) is 37.3 Å². The number of aliphatic hydroxyl groups is 8. The number of carboxylic acid groups (broad SMARTS) is 1. The molecule has 0 aliphatic carbocycles. The van der Waals surface area contributed by atoms with Gasteiger partial charge in [0.25, 0.3) is 0 Å². The Bertz CT molecular complexity index is 959. The smallest absolute Gasteiger partial charge is 0.339 e. The zero-order valence-corrected chi connectivity index (χ0v) is 21.6. The molecule has 2 aliphatic rings. The molecule has 3 unspecified atom stereocenters. The number of ether oxygens (including phenoxy) is 4. The van der Waals surface area contributed by atoms with E-state index in [0.29, 0.717) is 6.42 Å². The number of aryl methyl sites for hydroxylation is 1. The van der Waals surface area contributed by atoms with E-state index in [0.717, 1.165) is 12.5 Å². The molecular weight excluding hydrogens is 524 g/mol. The van der Waals surface area contributed by atoms with Crippen LogP contribution >= 0.6 is 0 Å². The van der Waals surface area contributed by atoms with Crippen LogP contribution in [0, 0.1) is 17.8 Å². The van der Waals surface area contributed by atoms with Gasteiger partial charge in [0.2, 0.25) is 12.6 Å². The van der Waals surface area contributed by atoms with Crippen LogP contribution in [-0.2, 0) is 15.9 Å². The van der Waals surface area contributed by atoms with Crippen molar-refractivity contribution in [1.29, 1.82) is 0 Å². The number of benzene rings is 1. The molecule has 2 fully saturated rings. The Morgan fingerprint density at radius 3 is 1.85 bits per heavy atom.